The van der Waals surface area contributed by atoms with Gasteiger partial charge in [-0.3, -0.25) is 4.72 Å². The van der Waals surface area contributed by atoms with Crippen molar-refractivity contribution in [3.63, 3.8) is 0 Å². The maximum atomic E-state index is 13.3. The smallest absolute Gasteiger partial charge is 0.356 e. The molecule has 0 unspecified atom stereocenters. The van der Waals surface area contributed by atoms with Crippen LogP contribution in [0.25, 0.3) is 0 Å². The van der Waals surface area contributed by atoms with Gasteiger partial charge < -0.3 is 9.72 Å². The van der Waals surface area contributed by atoms with Gasteiger partial charge in [0, 0.05) is 5.69 Å². The molecule has 0 atom stereocenters. The van der Waals surface area contributed by atoms with E-state index in [0.29, 0.717) is 5.69 Å². The zero-order valence-electron chi connectivity index (χ0n) is 11.6. The molecule has 0 fully saturated rings. The van der Waals surface area contributed by atoms with Crippen molar-refractivity contribution < 1.29 is 22.3 Å². The van der Waals surface area contributed by atoms with Crippen molar-refractivity contribution in [3.8, 4) is 0 Å². The van der Waals surface area contributed by atoms with Crippen molar-refractivity contribution in [2.75, 3.05) is 11.8 Å². The number of aryl methyl sites for hydroxylation is 1. The van der Waals surface area contributed by atoms with Gasteiger partial charge in [-0.15, -0.1) is 0 Å². The summed E-state index contributed by atoms with van der Waals surface area (Å²) in [6.45, 7) is 1.64. The molecule has 0 spiro atoms. The van der Waals surface area contributed by atoms with Crippen LogP contribution in [0.1, 0.15) is 16.2 Å². The highest BCUT2D eigenvalue weighted by molar-refractivity contribution is 7.92. The van der Waals surface area contributed by atoms with Gasteiger partial charge in [-0.05, 0) is 31.2 Å². The van der Waals surface area contributed by atoms with Crippen LogP contribution in [0.3, 0.4) is 0 Å². The molecule has 118 valence electrons. The largest absolute Gasteiger partial charge is 0.464 e. The highest BCUT2D eigenvalue weighted by atomic mass is 35.5. The second-order valence-corrected chi connectivity index (χ2v) is 6.47. The fourth-order valence-electron chi connectivity index (χ4n) is 1.82. The third kappa shape index (κ3) is 3.23. The number of ether oxygens (including phenoxy) is 1. The molecule has 9 heteroatoms. The zero-order chi connectivity index (χ0) is 16.5. The van der Waals surface area contributed by atoms with Gasteiger partial charge in [0.2, 0.25) is 0 Å². The molecule has 22 heavy (non-hydrogen) atoms. The van der Waals surface area contributed by atoms with Crippen LogP contribution in [0.4, 0.5) is 10.1 Å². The summed E-state index contributed by atoms with van der Waals surface area (Å²) in [6, 6.07) is 4.38. The third-order valence-corrected chi connectivity index (χ3v) is 4.62. The van der Waals surface area contributed by atoms with Crippen LogP contribution in [0.15, 0.2) is 29.2 Å². The number of sulfonamides is 1. The zero-order valence-corrected chi connectivity index (χ0v) is 13.2. The van der Waals surface area contributed by atoms with E-state index in [1.54, 1.807) is 6.92 Å². The highest BCUT2D eigenvalue weighted by Crippen LogP contribution is 2.26. The molecule has 0 saturated heterocycles. The van der Waals surface area contributed by atoms with Gasteiger partial charge >= 0.3 is 5.97 Å². The highest BCUT2D eigenvalue weighted by Gasteiger charge is 2.23. The first kappa shape index (κ1) is 16.3. The number of esters is 1. The predicted molar refractivity (Wildman–Crippen MR) is 79.1 cm³/mol. The van der Waals surface area contributed by atoms with Crippen molar-refractivity contribution in [2.45, 2.75) is 11.8 Å². The van der Waals surface area contributed by atoms with E-state index in [2.05, 4.69) is 14.4 Å². The predicted octanol–water partition coefficient (Wildman–Crippen LogP) is 2.70. The van der Waals surface area contributed by atoms with Gasteiger partial charge in [0.25, 0.3) is 10.0 Å². The molecule has 1 aromatic carbocycles. The van der Waals surface area contributed by atoms with Crippen LogP contribution in [-0.4, -0.2) is 26.5 Å². The number of anilines is 1. The van der Waals surface area contributed by atoms with Crippen LogP contribution in [0, 0.1) is 12.7 Å². The maximum Gasteiger partial charge on any atom is 0.356 e. The minimum Gasteiger partial charge on any atom is -0.464 e. The molecule has 0 aliphatic carbocycles. The molecule has 0 amide bonds. The van der Waals surface area contributed by atoms with Crippen molar-refractivity contribution in [1.29, 1.82) is 0 Å². The number of aromatic amines is 1. The van der Waals surface area contributed by atoms with E-state index >= 15 is 0 Å². The van der Waals surface area contributed by atoms with E-state index in [9.17, 15) is 17.6 Å². The Bertz CT molecular complexity index is 833. The second kappa shape index (κ2) is 5.98. The Morgan fingerprint density at radius 2 is 2.05 bits per heavy atom. The van der Waals surface area contributed by atoms with Gasteiger partial charge in [0.15, 0.2) is 0 Å². The molecule has 1 heterocycles. The van der Waals surface area contributed by atoms with Gasteiger partial charge in [0.1, 0.15) is 16.4 Å². The van der Waals surface area contributed by atoms with E-state index in [-0.39, 0.29) is 16.4 Å². The number of carbonyl (C=O) groups is 1. The summed E-state index contributed by atoms with van der Waals surface area (Å²) in [5, 5.41) is -0.138. The topological polar surface area (TPSA) is 88.3 Å². The minimum atomic E-state index is -4.17. The van der Waals surface area contributed by atoms with E-state index in [1.807, 2.05) is 0 Å². The van der Waals surface area contributed by atoms with Gasteiger partial charge in [0.05, 0.1) is 17.8 Å². The van der Waals surface area contributed by atoms with Gasteiger partial charge in [-0.1, -0.05) is 11.6 Å². The third-order valence-electron chi connectivity index (χ3n) is 2.77. The molecular weight excluding hydrogens is 335 g/mol. The molecule has 0 saturated carbocycles. The number of benzene rings is 1. The molecule has 1 aromatic heterocycles. The molecule has 0 aliphatic rings. The Morgan fingerprint density at radius 1 is 1.36 bits per heavy atom. The van der Waals surface area contributed by atoms with Crippen molar-refractivity contribution in [3.05, 3.63) is 46.5 Å². The SMILES string of the molecule is COC(=O)c1[nH]c(C)cc1NS(=O)(=O)c1cc(F)ccc1Cl. The number of rotatable bonds is 4. The van der Waals surface area contributed by atoms with Crippen LogP contribution >= 0.6 is 11.6 Å². The monoisotopic (exact) mass is 346 g/mol. The summed E-state index contributed by atoms with van der Waals surface area (Å²) in [6.07, 6.45) is 0. The lowest BCUT2D eigenvalue weighted by atomic mass is 10.3. The Labute approximate surface area is 131 Å². The summed E-state index contributed by atoms with van der Waals surface area (Å²) in [7, 11) is -3.00. The summed E-state index contributed by atoms with van der Waals surface area (Å²) >= 11 is 5.80. The number of hydrogen-bond acceptors (Lipinski definition) is 4. The Kier molecular flexibility index (Phi) is 4.43. The number of halogens is 2. The van der Waals surface area contributed by atoms with Crippen molar-refractivity contribution in [1.82, 2.24) is 4.98 Å². The molecule has 0 radical (unpaired) electrons. The number of nitrogens with one attached hydrogen (secondary N) is 2. The van der Waals surface area contributed by atoms with Crippen LogP contribution in [-0.2, 0) is 14.8 Å². The molecule has 0 bridgehead atoms. The normalized spacial score (nSPS) is 11.3. The van der Waals surface area contributed by atoms with E-state index < -0.39 is 26.7 Å². The number of carbonyl (C=O) groups excluding carboxylic acids is 1. The molecule has 2 aromatic rings. The molecule has 2 rings (SSSR count). The van der Waals surface area contributed by atoms with Crippen molar-refractivity contribution >= 4 is 33.3 Å². The lowest BCUT2D eigenvalue weighted by molar-refractivity contribution is 0.0596. The Balaban J connectivity index is 2.46. The maximum absolute atomic E-state index is 13.3. The van der Waals surface area contributed by atoms with Gasteiger partial charge in [-0.25, -0.2) is 17.6 Å². The first-order chi connectivity index (χ1) is 10.2. The molecule has 0 aliphatic heterocycles. The number of H-pyrrole nitrogens is 1. The molecule has 2 N–H and O–H groups in total. The Hall–Kier alpha value is -2.06. The lowest BCUT2D eigenvalue weighted by Crippen LogP contribution is -2.16. The molecule has 6 nitrogen and oxygen atoms in total. The number of aromatic nitrogens is 1. The summed E-state index contributed by atoms with van der Waals surface area (Å²) in [5.74, 6) is -1.49. The summed E-state index contributed by atoms with van der Waals surface area (Å²) < 4.78 is 44.6. The first-order valence-electron chi connectivity index (χ1n) is 6.00. The average molecular weight is 347 g/mol. The fraction of sp³-hybridized carbons (Fsp3) is 0.154. The quantitative estimate of drug-likeness (QED) is 0.833. The van der Waals surface area contributed by atoms with E-state index in [1.165, 1.54) is 13.2 Å². The Morgan fingerprint density at radius 3 is 2.68 bits per heavy atom. The molecular formula is C13H12ClFN2O4S. The van der Waals surface area contributed by atoms with Crippen molar-refractivity contribution in [2.24, 2.45) is 0 Å². The second-order valence-electron chi connectivity index (χ2n) is 4.41. The minimum absolute atomic E-state index is 0.00956. The average Bonchev–Trinajstić information content (AvgIpc) is 2.80. The van der Waals surface area contributed by atoms with Gasteiger partial charge in [-0.2, -0.15) is 0 Å². The van der Waals surface area contributed by atoms with E-state index in [0.717, 1.165) is 18.2 Å². The number of hydrogen-bond donors (Lipinski definition) is 2. The number of methoxy groups -OCH3 is 1. The standard InChI is InChI=1S/C13H12ClFN2O4S/c1-7-5-10(12(16-7)13(18)21-2)17-22(19,20)11-6-8(15)3-4-9(11)14/h3-6,16-17H,1-2H3. The lowest BCUT2D eigenvalue weighted by Gasteiger charge is -2.09. The summed E-state index contributed by atoms with van der Waals surface area (Å²) in [4.78, 5) is 13.9. The first-order valence-corrected chi connectivity index (χ1v) is 7.86. The fourth-order valence-corrected chi connectivity index (χ4v) is 3.39. The summed E-state index contributed by atoms with van der Waals surface area (Å²) in [5.41, 5.74) is 0.476. The van der Waals surface area contributed by atoms with Crippen LogP contribution in [0.2, 0.25) is 5.02 Å². The van der Waals surface area contributed by atoms with E-state index in [4.69, 9.17) is 11.6 Å². The van der Waals surface area contributed by atoms with Crippen LogP contribution < -0.4 is 4.72 Å². The van der Waals surface area contributed by atoms with Crippen LogP contribution in [0.5, 0.6) is 0 Å².